The minimum Gasteiger partial charge on any atom is -0.496 e. The fourth-order valence-corrected chi connectivity index (χ4v) is 2.50. The highest BCUT2D eigenvalue weighted by molar-refractivity contribution is 6.99. The summed E-state index contributed by atoms with van der Waals surface area (Å²) < 4.78 is 14.3. The maximum absolute atomic E-state index is 5.55. The number of anilines is 1. The van der Waals surface area contributed by atoms with Gasteiger partial charge in [0.05, 0.1) is 18.8 Å². The molecule has 0 aliphatic rings. The predicted octanol–water partition coefficient (Wildman–Crippen LogP) is 3.65. The fourth-order valence-electron chi connectivity index (χ4n) is 1.96. The summed E-state index contributed by atoms with van der Waals surface area (Å²) in [5.74, 6) is 1.72. The summed E-state index contributed by atoms with van der Waals surface area (Å²) in [5.41, 5.74) is 4.23. The summed E-state index contributed by atoms with van der Waals surface area (Å²) in [6.45, 7) is 7.17. The van der Waals surface area contributed by atoms with E-state index in [1.54, 1.807) is 7.11 Å². The van der Waals surface area contributed by atoms with Crippen LogP contribution in [0.2, 0.25) is 0 Å². The summed E-state index contributed by atoms with van der Waals surface area (Å²) in [4.78, 5) is 0. The molecular weight excluding hydrogens is 258 g/mol. The maximum Gasteiger partial charge on any atom is 0.168 e. The van der Waals surface area contributed by atoms with Gasteiger partial charge < -0.3 is 10.1 Å². The second-order valence-electron chi connectivity index (χ2n) is 4.48. The number of nitrogens with one attached hydrogen (secondary N) is 1. The zero-order valence-corrected chi connectivity index (χ0v) is 12.6. The van der Waals surface area contributed by atoms with Gasteiger partial charge in [0.25, 0.3) is 0 Å². The first-order chi connectivity index (χ1) is 9.19. The van der Waals surface area contributed by atoms with Gasteiger partial charge in [-0.3, -0.25) is 0 Å². The molecule has 5 heteroatoms. The number of hydrogen-bond acceptors (Lipinski definition) is 5. The Morgan fingerprint density at radius 1 is 1.26 bits per heavy atom. The SMILES string of the molecule is CCCNc1nsnc1-c1ccc(C)c(C)c1OC. The highest BCUT2D eigenvalue weighted by Gasteiger charge is 2.17. The monoisotopic (exact) mass is 277 g/mol. The second-order valence-corrected chi connectivity index (χ2v) is 5.00. The van der Waals surface area contributed by atoms with E-state index in [1.807, 2.05) is 0 Å². The van der Waals surface area contributed by atoms with Gasteiger partial charge in [0, 0.05) is 12.1 Å². The summed E-state index contributed by atoms with van der Waals surface area (Å²) in [6.07, 6.45) is 1.06. The van der Waals surface area contributed by atoms with Crippen LogP contribution in [-0.4, -0.2) is 22.4 Å². The lowest BCUT2D eigenvalue weighted by Gasteiger charge is -2.13. The van der Waals surface area contributed by atoms with Crippen LogP contribution in [0.3, 0.4) is 0 Å². The molecule has 0 aliphatic heterocycles. The Balaban J connectivity index is 2.47. The molecule has 4 nitrogen and oxygen atoms in total. The molecule has 1 aromatic heterocycles. The zero-order valence-electron chi connectivity index (χ0n) is 11.8. The van der Waals surface area contributed by atoms with Gasteiger partial charge >= 0.3 is 0 Å². The number of benzene rings is 1. The van der Waals surface area contributed by atoms with Gasteiger partial charge in [0.2, 0.25) is 0 Å². The summed E-state index contributed by atoms with van der Waals surface area (Å²) in [7, 11) is 1.70. The Hall–Kier alpha value is -1.62. The van der Waals surface area contributed by atoms with Gasteiger partial charge in [0.15, 0.2) is 5.82 Å². The molecule has 0 fully saturated rings. The van der Waals surface area contributed by atoms with Crippen LogP contribution in [0, 0.1) is 13.8 Å². The van der Waals surface area contributed by atoms with Gasteiger partial charge in [0.1, 0.15) is 11.4 Å². The maximum atomic E-state index is 5.55. The molecule has 2 rings (SSSR count). The molecule has 0 spiro atoms. The molecule has 0 saturated heterocycles. The molecule has 2 aromatic rings. The second kappa shape index (κ2) is 6.02. The number of rotatable bonds is 5. The number of aromatic nitrogens is 2. The average Bonchev–Trinajstić information content (AvgIpc) is 2.87. The largest absolute Gasteiger partial charge is 0.496 e. The standard InChI is InChI=1S/C14H19N3OS/c1-5-8-15-14-12(16-19-17-14)11-7-6-9(2)10(3)13(11)18-4/h6-7H,5,8H2,1-4H3,(H,15,17). The minimum absolute atomic E-state index is 0.841. The summed E-state index contributed by atoms with van der Waals surface area (Å²) in [5, 5.41) is 3.31. The third kappa shape index (κ3) is 2.71. The van der Waals surface area contributed by atoms with Crippen molar-refractivity contribution in [1.82, 2.24) is 8.75 Å². The number of methoxy groups -OCH3 is 1. The van der Waals surface area contributed by atoms with Crippen molar-refractivity contribution in [2.24, 2.45) is 0 Å². The molecule has 19 heavy (non-hydrogen) atoms. The van der Waals surface area contributed by atoms with Gasteiger partial charge in [-0.1, -0.05) is 13.0 Å². The smallest absolute Gasteiger partial charge is 0.168 e. The predicted molar refractivity (Wildman–Crippen MR) is 80.2 cm³/mol. The third-order valence-electron chi connectivity index (χ3n) is 3.17. The van der Waals surface area contributed by atoms with Gasteiger partial charge in [-0.25, -0.2) is 0 Å². The van der Waals surface area contributed by atoms with Crippen LogP contribution in [-0.2, 0) is 0 Å². The Labute approximate surface area is 118 Å². The molecule has 0 bridgehead atoms. The topological polar surface area (TPSA) is 47.0 Å². The van der Waals surface area contributed by atoms with E-state index < -0.39 is 0 Å². The molecule has 0 atom stereocenters. The average molecular weight is 277 g/mol. The Bertz CT molecular complexity index is 566. The van der Waals surface area contributed by atoms with Gasteiger partial charge in [-0.2, -0.15) is 8.75 Å². The molecule has 0 amide bonds. The summed E-state index contributed by atoms with van der Waals surface area (Å²) in [6, 6.07) is 4.14. The molecule has 0 radical (unpaired) electrons. The Kier molecular flexibility index (Phi) is 4.37. The van der Waals surface area contributed by atoms with Crippen molar-refractivity contribution < 1.29 is 4.74 Å². The van der Waals surface area contributed by atoms with Crippen molar-refractivity contribution in [2.75, 3.05) is 19.0 Å². The van der Waals surface area contributed by atoms with Crippen molar-refractivity contribution >= 4 is 17.5 Å². The molecule has 1 N–H and O–H groups in total. The van der Waals surface area contributed by atoms with Crippen LogP contribution < -0.4 is 10.1 Å². The molecule has 1 aromatic carbocycles. The van der Waals surface area contributed by atoms with Gasteiger partial charge in [-0.05, 0) is 37.5 Å². The Morgan fingerprint density at radius 3 is 2.74 bits per heavy atom. The van der Waals surface area contributed by atoms with Crippen molar-refractivity contribution in [3.8, 4) is 17.0 Å². The highest BCUT2D eigenvalue weighted by Crippen LogP contribution is 2.37. The minimum atomic E-state index is 0.841. The van der Waals surface area contributed by atoms with Crippen molar-refractivity contribution in [3.63, 3.8) is 0 Å². The third-order valence-corrected chi connectivity index (χ3v) is 3.70. The van der Waals surface area contributed by atoms with Crippen LogP contribution >= 0.6 is 11.7 Å². The lowest BCUT2D eigenvalue weighted by atomic mass is 10.0. The van der Waals surface area contributed by atoms with E-state index in [2.05, 4.69) is 47.0 Å². The first-order valence-electron chi connectivity index (χ1n) is 6.40. The van der Waals surface area contributed by atoms with E-state index in [1.165, 1.54) is 17.3 Å². The van der Waals surface area contributed by atoms with E-state index in [0.29, 0.717) is 0 Å². The van der Waals surface area contributed by atoms with Gasteiger partial charge in [-0.15, -0.1) is 0 Å². The molecule has 0 saturated carbocycles. The van der Waals surface area contributed by atoms with E-state index in [9.17, 15) is 0 Å². The van der Waals surface area contributed by atoms with E-state index >= 15 is 0 Å². The van der Waals surface area contributed by atoms with Crippen LogP contribution in [0.25, 0.3) is 11.3 Å². The van der Waals surface area contributed by atoms with E-state index in [-0.39, 0.29) is 0 Å². The molecule has 1 heterocycles. The van der Waals surface area contributed by atoms with Crippen molar-refractivity contribution in [2.45, 2.75) is 27.2 Å². The van der Waals surface area contributed by atoms with Crippen LogP contribution in [0.1, 0.15) is 24.5 Å². The number of hydrogen-bond donors (Lipinski definition) is 1. The Morgan fingerprint density at radius 2 is 2.05 bits per heavy atom. The normalized spacial score (nSPS) is 10.5. The fraction of sp³-hybridized carbons (Fsp3) is 0.429. The van der Waals surface area contributed by atoms with Crippen molar-refractivity contribution in [1.29, 1.82) is 0 Å². The van der Waals surface area contributed by atoms with Crippen LogP contribution in [0.5, 0.6) is 5.75 Å². The first kappa shape index (κ1) is 13.8. The molecule has 0 aliphatic carbocycles. The number of nitrogens with zero attached hydrogens (tertiary/aromatic N) is 2. The number of ether oxygens (including phenoxy) is 1. The highest BCUT2D eigenvalue weighted by atomic mass is 32.1. The first-order valence-corrected chi connectivity index (χ1v) is 7.13. The number of aryl methyl sites for hydroxylation is 1. The quantitative estimate of drug-likeness (QED) is 0.906. The van der Waals surface area contributed by atoms with Crippen LogP contribution in [0.4, 0.5) is 5.82 Å². The summed E-state index contributed by atoms with van der Waals surface area (Å²) >= 11 is 1.22. The molecule has 102 valence electrons. The van der Waals surface area contributed by atoms with Crippen molar-refractivity contribution in [3.05, 3.63) is 23.3 Å². The molecular formula is C14H19N3OS. The van der Waals surface area contributed by atoms with Crippen LogP contribution in [0.15, 0.2) is 12.1 Å². The lowest BCUT2D eigenvalue weighted by molar-refractivity contribution is 0.413. The molecule has 0 unspecified atom stereocenters. The lowest BCUT2D eigenvalue weighted by Crippen LogP contribution is -2.02. The van der Waals surface area contributed by atoms with E-state index in [0.717, 1.165) is 41.4 Å². The zero-order chi connectivity index (χ0) is 13.8. The van der Waals surface area contributed by atoms with E-state index in [4.69, 9.17) is 4.74 Å².